The molecule has 0 radical (unpaired) electrons. The fourth-order valence-electron chi connectivity index (χ4n) is 3.72. The van der Waals surface area contributed by atoms with Crippen LogP contribution in [0.4, 0.5) is 0 Å². The quantitative estimate of drug-likeness (QED) is 0.718. The van der Waals surface area contributed by atoms with E-state index < -0.39 is 0 Å². The monoisotopic (exact) mass is 228 g/mol. The van der Waals surface area contributed by atoms with E-state index in [1.165, 1.54) is 24.8 Å². The Morgan fingerprint density at radius 2 is 2.18 bits per heavy atom. The first-order valence-corrected chi connectivity index (χ1v) is 6.91. The molecule has 0 aromatic heterocycles. The lowest BCUT2D eigenvalue weighted by molar-refractivity contribution is 0.0874. The average molecular weight is 228 g/mol. The van der Waals surface area contributed by atoms with E-state index in [1.54, 1.807) is 0 Å². The van der Waals surface area contributed by atoms with Crippen LogP contribution in [0.1, 0.15) is 48.5 Å². The van der Waals surface area contributed by atoms with Gasteiger partial charge in [-0.2, -0.15) is 0 Å². The number of benzene rings is 1. The molecular formula is C16H20O. The first kappa shape index (κ1) is 11.0. The number of carbonyl (C=O) groups excluding carboxylic acids is 1. The number of rotatable bonds is 3. The summed E-state index contributed by atoms with van der Waals surface area (Å²) in [5, 5.41) is 0. The average Bonchev–Trinajstić information content (AvgIpc) is 3.00. The zero-order valence-electron chi connectivity index (χ0n) is 10.5. The SMILES string of the molecule is CCc1cccc(C(=O)C2CC3CCC2C3)c1. The summed E-state index contributed by atoms with van der Waals surface area (Å²) in [6.07, 6.45) is 6.12. The molecular weight excluding hydrogens is 208 g/mol. The van der Waals surface area contributed by atoms with Gasteiger partial charge >= 0.3 is 0 Å². The molecule has 0 aliphatic heterocycles. The third-order valence-corrected chi connectivity index (χ3v) is 4.69. The van der Waals surface area contributed by atoms with Crippen LogP contribution in [0, 0.1) is 17.8 Å². The summed E-state index contributed by atoms with van der Waals surface area (Å²) in [5.74, 6) is 2.29. The molecule has 0 N–H and O–H groups in total. The summed E-state index contributed by atoms with van der Waals surface area (Å²) in [5.41, 5.74) is 2.22. The highest BCUT2D eigenvalue weighted by atomic mass is 16.1. The van der Waals surface area contributed by atoms with Crippen LogP contribution < -0.4 is 0 Å². The highest BCUT2D eigenvalue weighted by molar-refractivity contribution is 5.98. The molecule has 1 heteroatoms. The van der Waals surface area contributed by atoms with Gasteiger partial charge in [0.2, 0.25) is 0 Å². The second-order valence-corrected chi connectivity index (χ2v) is 5.70. The normalized spacial score (nSPS) is 30.8. The van der Waals surface area contributed by atoms with Crippen molar-refractivity contribution in [3.05, 3.63) is 35.4 Å². The molecule has 3 atom stereocenters. The van der Waals surface area contributed by atoms with Crippen LogP contribution in [-0.2, 0) is 6.42 Å². The molecule has 1 nitrogen and oxygen atoms in total. The van der Waals surface area contributed by atoms with E-state index in [2.05, 4.69) is 19.1 Å². The Morgan fingerprint density at radius 1 is 1.29 bits per heavy atom. The Morgan fingerprint density at radius 3 is 2.82 bits per heavy atom. The number of carbonyl (C=O) groups is 1. The summed E-state index contributed by atoms with van der Waals surface area (Å²) in [7, 11) is 0. The van der Waals surface area contributed by atoms with Gasteiger partial charge in [-0.1, -0.05) is 31.5 Å². The van der Waals surface area contributed by atoms with E-state index in [0.29, 0.717) is 17.6 Å². The van der Waals surface area contributed by atoms with Gasteiger partial charge < -0.3 is 0 Å². The molecule has 0 spiro atoms. The smallest absolute Gasteiger partial charge is 0.166 e. The summed E-state index contributed by atoms with van der Waals surface area (Å²) >= 11 is 0. The Kier molecular flexibility index (Phi) is 2.78. The molecule has 1 aromatic rings. The maximum Gasteiger partial charge on any atom is 0.166 e. The topological polar surface area (TPSA) is 17.1 Å². The van der Waals surface area contributed by atoms with Gasteiger partial charge in [0.1, 0.15) is 0 Å². The fourth-order valence-corrected chi connectivity index (χ4v) is 3.72. The maximum atomic E-state index is 12.5. The van der Waals surface area contributed by atoms with Gasteiger partial charge in [-0.3, -0.25) is 4.79 Å². The molecule has 3 rings (SSSR count). The zero-order valence-corrected chi connectivity index (χ0v) is 10.5. The maximum absolute atomic E-state index is 12.5. The highest BCUT2D eigenvalue weighted by Gasteiger charge is 2.43. The van der Waals surface area contributed by atoms with Crippen molar-refractivity contribution in [1.29, 1.82) is 0 Å². The van der Waals surface area contributed by atoms with E-state index in [1.807, 2.05) is 12.1 Å². The molecule has 2 saturated carbocycles. The van der Waals surface area contributed by atoms with Crippen molar-refractivity contribution in [2.24, 2.45) is 17.8 Å². The Hall–Kier alpha value is -1.11. The van der Waals surface area contributed by atoms with Crippen LogP contribution >= 0.6 is 0 Å². The molecule has 17 heavy (non-hydrogen) atoms. The van der Waals surface area contributed by atoms with Crippen molar-refractivity contribution < 1.29 is 4.79 Å². The zero-order chi connectivity index (χ0) is 11.8. The molecule has 0 amide bonds. The van der Waals surface area contributed by atoms with Crippen molar-refractivity contribution in [3.8, 4) is 0 Å². The van der Waals surface area contributed by atoms with Crippen molar-refractivity contribution in [3.63, 3.8) is 0 Å². The number of Topliss-reactive ketones (excluding diaryl/α,β-unsaturated/α-hetero) is 1. The van der Waals surface area contributed by atoms with Gasteiger partial charge in [0, 0.05) is 11.5 Å². The van der Waals surface area contributed by atoms with Gasteiger partial charge in [0.25, 0.3) is 0 Å². The standard InChI is InChI=1S/C16H20O/c1-2-11-4-3-5-14(8-11)16(17)15-10-12-6-7-13(15)9-12/h3-5,8,12-13,15H,2,6-7,9-10H2,1H3. The van der Waals surface area contributed by atoms with E-state index in [4.69, 9.17) is 0 Å². The van der Waals surface area contributed by atoms with E-state index in [-0.39, 0.29) is 0 Å². The number of hydrogen-bond acceptors (Lipinski definition) is 1. The summed E-state index contributed by atoms with van der Waals surface area (Å²) in [6, 6.07) is 8.22. The Bertz CT molecular complexity index is 435. The van der Waals surface area contributed by atoms with Gasteiger partial charge in [-0.25, -0.2) is 0 Å². The fraction of sp³-hybridized carbons (Fsp3) is 0.562. The van der Waals surface area contributed by atoms with Crippen LogP contribution in [0.15, 0.2) is 24.3 Å². The van der Waals surface area contributed by atoms with Gasteiger partial charge in [0.15, 0.2) is 5.78 Å². The van der Waals surface area contributed by atoms with E-state index in [0.717, 1.165) is 24.3 Å². The molecule has 2 bridgehead atoms. The summed E-state index contributed by atoms with van der Waals surface area (Å²) in [4.78, 5) is 12.5. The predicted molar refractivity (Wildman–Crippen MR) is 69.1 cm³/mol. The van der Waals surface area contributed by atoms with Crippen LogP contribution in [-0.4, -0.2) is 5.78 Å². The molecule has 3 unspecified atom stereocenters. The van der Waals surface area contributed by atoms with E-state index >= 15 is 0 Å². The van der Waals surface area contributed by atoms with Gasteiger partial charge in [-0.15, -0.1) is 0 Å². The van der Waals surface area contributed by atoms with Crippen LogP contribution in [0.2, 0.25) is 0 Å². The predicted octanol–water partition coefficient (Wildman–Crippen LogP) is 3.87. The van der Waals surface area contributed by atoms with E-state index in [9.17, 15) is 4.79 Å². The van der Waals surface area contributed by atoms with Crippen LogP contribution in [0.3, 0.4) is 0 Å². The van der Waals surface area contributed by atoms with Crippen molar-refractivity contribution >= 4 is 5.78 Å². The minimum absolute atomic E-state index is 0.334. The number of aryl methyl sites for hydroxylation is 1. The second-order valence-electron chi connectivity index (χ2n) is 5.70. The third kappa shape index (κ3) is 1.92. The lowest BCUT2D eigenvalue weighted by Gasteiger charge is -2.20. The molecule has 2 aliphatic carbocycles. The van der Waals surface area contributed by atoms with Crippen molar-refractivity contribution in [2.45, 2.75) is 39.0 Å². The highest BCUT2D eigenvalue weighted by Crippen LogP contribution is 2.49. The minimum atomic E-state index is 0.334. The Balaban J connectivity index is 1.81. The minimum Gasteiger partial charge on any atom is -0.294 e. The molecule has 90 valence electrons. The molecule has 0 saturated heterocycles. The first-order chi connectivity index (χ1) is 8.28. The molecule has 0 heterocycles. The van der Waals surface area contributed by atoms with Gasteiger partial charge in [-0.05, 0) is 49.1 Å². The molecule has 2 fully saturated rings. The largest absolute Gasteiger partial charge is 0.294 e. The molecule has 2 aliphatic rings. The second kappa shape index (κ2) is 4.29. The van der Waals surface area contributed by atoms with Crippen LogP contribution in [0.25, 0.3) is 0 Å². The lowest BCUT2D eigenvalue weighted by Crippen LogP contribution is -2.21. The Labute approximate surface area is 103 Å². The third-order valence-electron chi connectivity index (χ3n) is 4.69. The summed E-state index contributed by atoms with van der Waals surface area (Å²) < 4.78 is 0. The van der Waals surface area contributed by atoms with Gasteiger partial charge in [0.05, 0.1) is 0 Å². The lowest BCUT2D eigenvalue weighted by atomic mass is 9.83. The van der Waals surface area contributed by atoms with Crippen molar-refractivity contribution in [2.75, 3.05) is 0 Å². The first-order valence-electron chi connectivity index (χ1n) is 6.91. The number of ketones is 1. The van der Waals surface area contributed by atoms with Crippen molar-refractivity contribution in [1.82, 2.24) is 0 Å². The van der Waals surface area contributed by atoms with Crippen LogP contribution in [0.5, 0.6) is 0 Å². The summed E-state index contributed by atoms with van der Waals surface area (Å²) in [6.45, 7) is 2.14. The molecule has 1 aromatic carbocycles. The number of hydrogen-bond donors (Lipinski definition) is 0. The number of fused-ring (bicyclic) bond motifs is 2.